The van der Waals surface area contributed by atoms with E-state index in [-0.39, 0.29) is 36.6 Å². The summed E-state index contributed by atoms with van der Waals surface area (Å²) in [7, 11) is 0. The predicted molar refractivity (Wildman–Crippen MR) is 148 cm³/mol. The van der Waals surface area contributed by atoms with Crippen LogP contribution in [-0.4, -0.2) is 38.7 Å². The van der Waals surface area contributed by atoms with Gasteiger partial charge in [-0.2, -0.15) is 0 Å². The number of fused-ring (bicyclic) bond motifs is 2. The Balaban J connectivity index is 1.45. The molecule has 1 atom stereocenters. The summed E-state index contributed by atoms with van der Waals surface area (Å²) in [4.78, 5) is 43.5. The minimum absolute atomic E-state index is 0.121. The largest absolute Gasteiger partial charge is 0.408 e. The van der Waals surface area contributed by atoms with Crippen molar-refractivity contribution in [3.63, 3.8) is 0 Å². The molecule has 2 aromatic heterocycles. The van der Waals surface area contributed by atoms with E-state index in [9.17, 15) is 9.59 Å². The Morgan fingerprint density at radius 1 is 1.13 bits per heavy atom. The Morgan fingerprint density at radius 3 is 2.58 bits per heavy atom. The fraction of sp³-hybridized carbons (Fsp3) is 0.310. The molecule has 1 aliphatic heterocycles. The van der Waals surface area contributed by atoms with Gasteiger partial charge in [0, 0.05) is 29.6 Å². The molecule has 38 heavy (non-hydrogen) atoms. The molecule has 9 heteroatoms. The Morgan fingerprint density at radius 2 is 1.87 bits per heavy atom. The van der Waals surface area contributed by atoms with E-state index in [1.54, 1.807) is 17.2 Å². The van der Waals surface area contributed by atoms with Gasteiger partial charge in [-0.1, -0.05) is 61.8 Å². The van der Waals surface area contributed by atoms with Crippen molar-refractivity contribution >= 4 is 34.2 Å². The number of aromatic nitrogens is 3. The number of hydrogen-bond donors (Lipinski definition) is 1. The van der Waals surface area contributed by atoms with Crippen LogP contribution in [-0.2, 0) is 13.0 Å². The summed E-state index contributed by atoms with van der Waals surface area (Å²) in [6, 6.07) is 17.1. The highest BCUT2D eigenvalue weighted by Gasteiger charge is 2.29. The van der Waals surface area contributed by atoms with Gasteiger partial charge in [0.2, 0.25) is 5.95 Å². The van der Waals surface area contributed by atoms with Crippen molar-refractivity contribution < 1.29 is 9.63 Å². The van der Waals surface area contributed by atoms with E-state index >= 15 is 0 Å². The number of anilines is 1. The summed E-state index contributed by atoms with van der Waals surface area (Å²) in [5.41, 5.74) is 2.19. The van der Waals surface area contributed by atoms with Gasteiger partial charge >= 0.3 is 0 Å². The maximum atomic E-state index is 13.6. The van der Waals surface area contributed by atoms with Gasteiger partial charge in [-0.3, -0.25) is 14.6 Å². The third-order valence-corrected chi connectivity index (χ3v) is 7.02. The second kappa shape index (κ2) is 10.8. The van der Waals surface area contributed by atoms with Gasteiger partial charge < -0.3 is 15.1 Å². The highest BCUT2D eigenvalue weighted by atomic mass is 35.5. The second-order valence-corrected chi connectivity index (χ2v) is 10.1. The minimum Gasteiger partial charge on any atom is -0.408 e. The van der Waals surface area contributed by atoms with Gasteiger partial charge in [0.05, 0.1) is 23.8 Å². The molecular weight excluding hydrogens is 502 g/mol. The quantitative estimate of drug-likeness (QED) is 0.365. The zero-order valence-corrected chi connectivity index (χ0v) is 22.4. The van der Waals surface area contributed by atoms with E-state index in [1.165, 1.54) is 4.73 Å². The molecule has 0 saturated carbocycles. The summed E-state index contributed by atoms with van der Waals surface area (Å²) in [6.07, 6.45) is 2.16. The summed E-state index contributed by atoms with van der Waals surface area (Å²) in [5.74, 6) is 0.329. The van der Waals surface area contributed by atoms with Crippen molar-refractivity contribution in [2.75, 3.05) is 18.5 Å². The molecule has 0 radical (unpaired) electrons. The van der Waals surface area contributed by atoms with Crippen molar-refractivity contribution in [2.24, 2.45) is 5.92 Å². The normalized spacial score (nSPS) is 13.9. The number of halogens is 1. The first kappa shape index (κ1) is 25.7. The van der Waals surface area contributed by atoms with Crippen LogP contribution in [0.5, 0.6) is 0 Å². The molecule has 0 saturated heterocycles. The van der Waals surface area contributed by atoms with Gasteiger partial charge in [-0.05, 0) is 42.0 Å². The van der Waals surface area contributed by atoms with Crippen LogP contribution in [0.2, 0.25) is 5.02 Å². The lowest BCUT2D eigenvalue weighted by atomic mass is 9.96. The van der Waals surface area contributed by atoms with Crippen LogP contribution in [0, 0.1) is 5.92 Å². The Kier molecular flexibility index (Phi) is 7.33. The number of pyridine rings is 1. The maximum Gasteiger partial charge on any atom is 0.293 e. The zero-order chi connectivity index (χ0) is 26.8. The topological polar surface area (TPSA) is 89.4 Å². The number of nitrogens with one attached hydrogen (secondary N) is 1. The fourth-order valence-electron chi connectivity index (χ4n) is 4.78. The number of amides is 1. The molecule has 1 aliphatic rings. The van der Waals surface area contributed by atoms with Crippen LogP contribution in [0.1, 0.15) is 54.1 Å². The van der Waals surface area contributed by atoms with E-state index in [0.717, 1.165) is 16.3 Å². The van der Waals surface area contributed by atoms with E-state index in [2.05, 4.69) is 24.1 Å². The Labute approximate surface area is 226 Å². The molecule has 0 fully saturated rings. The summed E-state index contributed by atoms with van der Waals surface area (Å²) in [5, 5.41) is 6.00. The molecule has 0 spiro atoms. The van der Waals surface area contributed by atoms with Crippen LogP contribution in [0.4, 0.5) is 5.95 Å². The van der Waals surface area contributed by atoms with Gasteiger partial charge in [-0.15, -0.1) is 4.73 Å². The Hall–Kier alpha value is -3.91. The van der Waals surface area contributed by atoms with Crippen LogP contribution in [0.15, 0.2) is 65.6 Å². The van der Waals surface area contributed by atoms with E-state index in [1.807, 2.05) is 55.5 Å². The summed E-state index contributed by atoms with van der Waals surface area (Å²) < 4.78 is 1.21. The molecule has 8 nitrogen and oxygen atoms in total. The zero-order valence-electron chi connectivity index (χ0n) is 21.6. The molecule has 4 aromatic rings. The molecule has 0 bridgehead atoms. The maximum absolute atomic E-state index is 13.6. The number of carbonyl (C=O) groups is 1. The smallest absolute Gasteiger partial charge is 0.293 e. The lowest BCUT2D eigenvalue weighted by Crippen LogP contribution is -2.43. The van der Waals surface area contributed by atoms with Crippen molar-refractivity contribution in [2.45, 2.75) is 39.8 Å². The van der Waals surface area contributed by atoms with Crippen molar-refractivity contribution in [1.82, 2.24) is 19.6 Å². The number of benzene rings is 2. The summed E-state index contributed by atoms with van der Waals surface area (Å²) in [6.45, 7) is 6.88. The highest BCUT2D eigenvalue weighted by molar-refractivity contribution is 6.30. The van der Waals surface area contributed by atoms with Crippen LogP contribution < -0.4 is 15.7 Å². The first-order valence-corrected chi connectivity index (χ1v) is 13.2. The number of hydrogen-bond acceptors (Lipinski definition) is 6. The molecule has 2 aromatic carbocycles. The van der Waals surface area contributed by atoms with Gasteiger partial charge in [-0.25, -0.2) is 4.98 Å². The fourth-order valence-corrected chi connectivity index (χ4v) is 4.91. The number of carbonyl (C=O) groups excluding carboxylic acids is 1. The van der Waals surface area contributed by atoms with Crippen LogP contribution >= 0.6 is 11.6 Å². The van der Waals surface area contributed by atoms with Crippen molar-refractivity contribution in [3.05, 3.63) is 98.7 Å². The Bertz CT molecular complexity index is 1530. The number of rotatable bonds is 7. The number of nitrogens with zero attached hydrogens (tertiary/aromatic N) is 4. The van der Waals surface area contributed by atoms with Gasteiger partial charge in [0.25, 0.3) is 11.5 Å². The molecule has 1 amide bonds. The van der Waals surface area contributed by atoms with Crippen molar-refractivity contribution in [1.29, 1.82) is 0 Å². The standard InChI is InChI=1S/C29H30ClN5O3/c1-4-38-35-27(36)23-17-34(28(37)25-15-20-7-5-6-8-21(20)16-31-25)14-13-24(23)32-29(35)33-26(18(2)3)19-9-11-22(30)12-10-19/h5-12,15-16,18,26H,4,13-14,17H2,1-3H3,(H,32,33)/t26-/m0/s1. The lowest BCUT2D eigenvalue weighted by molar-refractivity contribution is 0.0718. The van der Waals surface area contributed by atoms with Crippen molar-refractivity contribution in [3.8, 4) is 0 Å². The van der Waals surface area contributed by atoms with Gasteiger partial charge in [0.1, 0.15) is 12.3 Å². The predicted octanol–water partition coefficient (Wildman–Crippen LogP) is 4.90. The van der Waals surface area contributed by atoms with E-state index < -0.39 is 0 Å². The average Bonchev–Trinajstić information content (AvgIpc) is 2.93. The first-order valence-electron chi connectivity index (χ1n) is 12.8. The molecule has 3 heterocycles. The average molecular weight is 532 g/mol. The highest BCUT2D eigenvalue weighted by Crippen LogP contribution is 2.28. The third-order valence-electron chi connectivity index (χ3n) is 6.77. The molecular formula is C29H30ClN5O3. The molecule has 0 aliphatic carbocycles. The molecule has 196 valence electrons. The van der Waals surface area contributed by atoms with E-state index in [4.69, 9.17) is 21.4 Å². The third kappa shape index (κ3) is 5.09. The molecule has 0 unspecified atom stereocenters. The monoisotopic (exact) mass is 531 g/mol. The van der Waals surface area contributed by atoms with Crippen LogP contribution in [0.25, 0.3) is 10.8 Å². The van der Waals surface area contributed by atoms with Crippen LogP contribution in [0.3, 0.4) is 0 Å². The lowest BCUT2D eigenvalue weighted by Gasteiger charge is -2.30. The SMILES string of the molecule is CCOn1c(N[C@H](c2ccc(Cl)cc2)C(C)C)nc2c(c1=O)CN(C(=O)c1cc3ccccc3cn1)CC2. The van der Waals surface area contributed by atoms with E-state index in [0.29, 0.717) is 40.9 Å². The minimum atomic E-state index is -0.318. The first-order chi connectivity index (χ1) is 18.4. The summed E-state index contributed by atoms with van der Waals surface area (Å²) >= 11 is 6.09. The molecule has 5 rings (SSSR count). The van der Waals surface area contributed by atoms with Gasteiger partial charge in [0.15, 0.2) is 0 Å². The second-order valence-electron chi connectivity index (χ2n) is 9.69. The molecule has 1 N–H and O–H groups in total.